The van der Waals surface area contributed by atoms with Gasteiger partial charge in [0.15, 0.2) is 0 Å². The van der Waals surface area contributed by atoms with Gasteiger partial charge in [0, 0.05) is 0 Å². The maximum Gasteiger partial charge on any atom is 0.222 e. The molecule has 0 aromatic heterocycles. The van der Waals surface area contributed by atoms with Crippen LogP contribution in [0.2, 0.25) is 0 Å². The van der Waals surface area contributed by atoms with Crippen molar-refractivity contribution in [1.82, 2.24) is 0 Å². The topological polar surface area (TPSA) is 34.1 Å². The minimum atomic E-state index is -0.462. The molecule has 2 aromatic carbocycles. The van der Waals surface area contributed by atoms with E-state index in [1.807, 2.05) is 60.7 Å². The number of carbonyl (C=O) groups excluding carboxylic acids is 2. The molecule has 1 atom stereocenters. The number of Topliss-reactive ketones (excluding diaryl/α,β-unsaturated/α-hetero) is 1. The average molecular weight is 248 g/mol. The SMILES string of the molecule is O=C1C=C(c2ccccc2)C(c2ccccc2)C1=O. The molecule has 0 saturated carbocycles. The van der Waals surface area contributed by atoms with Crippen molar-refractivity contribution in [3.8, 4) is 0 Å². The van der Waals surface area contributed by atoms with Gasteiger partial charge >= 0.3 is 0 Å². The molecule has 92 valence electrons. The van der Waals surface area contributed by atoms with E-state index in [4.69, 9.17) is 0 Å². The third kappa shape index (κ3) is 2.02. The number of hydrogen-bond acceptors (Lipinski definition) is 2. The molecule has 1 unspecified atom stereocenters. The molecular formula is C17H12O2. The van der Waals surface area contributed by atoms with E-state index in [0.717, 1.165) is 16.7 Å². The minimum absolute atomic E-state index is 0.343. The highest BCUT2D eigenvalue weighted by Gasteiger charge is 2.35. The zero-order chi connectivity index (χ0) is 13.2. The van der Waals surface area contributed by atoms with E-state index in [2.05, 4.69) is 0 Å². The van der Waals surface area contributed by atoms with Gasteiger partial charge in [-0.15, -0.1) is 0 Å². The Kier molecular flexibility index (Phi) is 2.84. The molecule has 3 rings (SSSR count). The fourth-order valence-corrected chi connectivity index (χ4v) is 2.44. The molecule has 19 heavy (non-hydrogen) atoms. The number of ketones is 2. The largest absolute Gasteiger partial charge is 0.289 e. The van der Waals surface area contributed by atoms with Crippen LogP contribution in [0.25, 0.3) is 5.57 Å². The Morgan fingerprint density at radius 2 is 1.32 bits per heavy atom. The molecule has 1 aliphatic carbocycles. The van der Waals surface area contributed by atoms with E-state index < -0.39 is 11.7 Å². The number of hydrogen-bond donors (Lipinski definition) is 0. The van der Waals surface area contributed by atoms with E-state index in [1.54, 1.807) is 0 Å². The Balaban J connectivity index is 2.10. The van der Waals surface area contributed by atoms with Crippen molar-refractivity contribution in [2.45, 2.75) is 5.92 Å². The van der Waals surface area contributed by atoms with Crippen LogP contribution in [0.1, 0.15) is 17.0 Å². The quantitative estimate of drug-likeness (QED) is 0.765. The number of carbonyl (C=O) groups is 2. The summed E-state index contributed by atoms with van der Waals surface area (Å²) >= 11 is 0. The highest BCUT2D eigenvalue weighted by Crippen LogP contribution is 2.37. The summed E-state index contributed by atoms with van der Waals surface area (Å²) in [6.45, 7) is 0. The van der Waals surface area contributed by atoms with Crippen molar-refractivity contribution >= 4 is 17.1 Å². The summed E-state index contributed by atoms with van der Waals surface area (Å²) in [5.41, 5.74) is 2.59. The molecular weight excluding hydrogens is 236 g/mol. The van der Waals surface area contributed by atoms with Crippen LogP contribution in [-0.2, 0) is 9.59 Å². The average Bonchev–Trinajstić information content (AvgIpc) is 2.77. The zero-order valence-corrected chi connectivity index (χ0v) is 10.2. The van der Waals surface area contributed by atoms with Crippen molar-refractivity contribution in [2.75, 3.05) is 0 Å². The predicted octanol–water partition coefficient (Wildman–Crippen LogP) is 3.01. The number of allylic oxidation sites excluding steroid dienone is 2. The van der Waals surface area contributed by atoms with E-state index in [1.165, 1.54) is 6.08 Å². The van der Waals surface area contributed by atoms with Gasteiger partial charge in [0.05, 0.1) is 5.92 Å². The van der Waals surface area contributed by atoms with Crippen LogP contribution in [0.5, 0.6) is 0 Å². The van der Waals surface area contributed by atoms with Gasteiger partial charge in [0.1, 0.15) is 0 Å². The summed E-state index contributed by atoms with van der Waals surface area (Å²) in [7, 11) is 0. The lowest BCUT2D eigenvalue weighted by atomic mass is 9.88. The van der Waals surface area contributed by atoms with E-state index in [0.29, 0.717) is 0 Å². The molecule has 0 radical (unpaired) electrons. The fourth-order valence-electron chi connectivity index (χ4n) is 2.44. The van der Waals surface area contributed by atoms with Gasteiger partial charge in [0.2, 0.25) is 11.6 Å². The summed E-state index contributed by atoms with van der Waals surface area (Å²) in [6, 6.07) is 19.0. The molecule has 0 saturated heterocycles. The molecule has 0 heterocycles. The Morgan fingerprint density at radius 1 is 0.737 bits per heavy atom. The molecule has 2 nitrogen and oxygen atoms in total. The molecule has 0 amide bonds. The summed E-state index contributed by atoms with van der Waals surface area (Å²) in [6.07, 6.45) is 1.47. The smallest absolute Gasteiger partial charge is 0.222 e. The van der Waals surface area contributed by atoms with Gasteiger partial charge in [-0.3, -0.25) is 9.59 Å². The van der Waals surface area contributed by atoms with Gasteiger partial charge in [-0.1, -0.05) is 60.7 Å². The first kappa shape index (κ1) is 11.6. The molecule has 0 bridgehead atoms. The van der Waals surface area contributed by atoms with Crippen LogP contribution in [-0.4, -0.2) is 11.6 Å². The molecule has 0 aliphatic heterocycles. The molecule has 0 N–H and O–H groups in total. The fraction of sp³-hybridized carbons (Fsp3) is 0.0588. The van der Waals surface area contributed by atoms with Crippen molar-refractivity contribution < 1.29 is 9.59 Å². The standard InChI is InChI=1S/C17H12O2/c18-15-11-14(12-7-3-1-4-8-12)16(17(15)19)13-9-5-2-6-10-13/h1-11,16H. The lowest BCUT2D eigenvalue weighted by Gasteiger charge is -2.13. The first-order valence-electron chi connectivity index (χ1n) is 6.17. The van der Waals surface area contributed by atoms with Crippen LogP contribution in [0, 0.1) is 0 Å². The number of rotatable bonds is 2. The van der Waals surface area contributed by atoms with Crippen LogP contribution in [0.4, 0.5) is 0 Å². The molecule has 0 spiro atoms. The van der Waals surface area contributed by atoms with Gasteiger partial charge in [-0.05, 0) is 22.8 Å². The molecule has 2 aromatic rings. The van der Waals surface area contributed by atoms with Crippen molar-refractivity contribution in [1.29, 1.82) is 0 Å². The maximum atomic E-state index is 12.1. The summed E-state index contributed by atoms with van der Waals surface area (Å²) in [4.78, 5) is 23.8. The Hall–Kier alpha value is -2.48. The monoisotopic (exact) mass is 248 g/mol. The number of benzene rings is 2. The summed E-state index contributed by atoms with van der Waals surface area (Å²) in [5, 5.41) is 0. The predicted molar refractivity (Wildman–Crippen MR) is 73.6 cm³/mol. The van der Waals surface area contributed by atoms with Crippen LogP contribution in [0.3, 0.4) is 0 Å². The third-order valence-electron chi connectivity index (χ3n) is 3.34. The Labute approximate surface area is 111 Å². The van der Waals surface area contributed by atoms with Gasteiger partial charge in [-0.25, -0.2) is 0 Å². The molecule has 0 fully saturated rings. The maximum absolute atomic E-state index is 12.1. The van der Waals surface area contributed by atoms with Crippen LogP contribution < -0.4 is 0 Å². The first-order chi connectivity index (χ1) is 9.27. The Morgan fingerprint density at radius 3 is 1.95 bits per heavy atom. The van der Waals surface area contributed by atoms with Gasteiger partial charge in [-0.2, -0.15) is 0 Å². The van der Waals surface area contributed by atoms with Crippen molar-refractivity contribution in [2.24, 2.45) is 0 Å². The van der Waals surface area contributed by atoms with E-state index >= 15 is 0 Å². The van der Waals surface area contributed by atoms with Crippen LogP contribution >= 0.6 is 0 Å². The van der Waals surface area contributed by atoms with Gasteiger partial charge in [0.25, 0.3) is 0 Å². The summed E-state index contributed by atoms with van der Waals surface area (Å²) in [5.74, 6) is -1.21. The molecule has 1 aliphatic rings. The van der Waals surface area contributed by atoms with E-state index in [-0.39, 0.29) is 5.78 Å². The van der Waals surface area contributed by atoms with E-state index in [9.17, 15) is 9.59 Å². The highest BCUT2D eigenvalue weighted by molar-refractivity contribution is 6.50. The highest BCUT2D eigenvalue weighted by atomic mass is 16.2. The molecule has 2 heteroatoms. The lowest BCUT2D eigenvalue weighted by Crippen LogP contribution is -2.14. The lowest BCUT2D eigenvalue weighted by molar-refractivity contribution is -0.133. The Bertz CT molecular complexity index is 654. The first-order valence-corrected chi connectivity index (χ1v) is 6.17. The third-order valence-corrected chi connectivity index (χ3v) is 3.34. The van der Waals surface area contributed by atoms with Crippen LogP contribution in [0.15, 0.2) is 66.7 Å². The van der Waals surface area contributed by atoms with Crippen molar-refractivity contribution in [3.63, 3.8) is 0 Å². The zero-order valence-electron chi connectivity index (χ0n) is 10.2. The minimum Gasteiger partial charge on any atom is -0.289 e. The normalized spacial score (nSPS) is 18.5. The second-order valence-corrected chi connectivity index (χ2v) is 4.54. The second-order valence-electron chi connectivity index (χ2n) is 4.54. The second kappa shape index (κ2) is 4.65. The van der Waals surface area contributed by atoms with Gasteiger partial charge < -0.3 is 0 Å². The van der Waals surface area contributed by atoms with Crippen molar-refractivity contribution in [3.05, 3.63) is 77.9 Å². The summed E-state index contributed by atoms with van der Waals surface area (Å²) < 4.78 is 0.